The number of nitro groups is 1. The smallest absolute Gasteiger partial charge is 0.310 e. The number of rotatable bonds is 12. The highest BCUT2D eigenvalue weighted by atomic mass is 16.6. The van der Waals surface area contributed by atoms with Crippen molar-refractivity contribution in [3.05, 3.63) is 69.8 Å². The maximum absolute atomic E-state index is 14.7. The van der Waals surface area contributed by atoms with Gasteiger partial charge in [0.1, 0.15) is 66.8 Å². The van der Waals surface area contributed by atoms with Crippen LogP contribution in [0.1, 0.15) is 24.0 Å². The van der Waals surface area contributed by atoms with Gasteiger partial charge in [-0.15, -0.1) is 0 Å². The first-order valence-corrected chi connectivity index (χ1v) is 22.4. The molecule has 2 aromatic carbocycles. The van der Waals surface area contributed by atoms with E-state index in [1.54, 1.807) is 37.3 Å². The molecule has 6 unspecified atom stereocenters. The molecule has 0 saturated carbocycles. The highest BCUT2D eigenvalue weighted by Crippen LogP contribution is 2.30. The van der Waals surface area contributed by atoms with Crippen LogP contribution in [0.25, 0.3) is 0 Å². The quantitative estimate of drug-likeness (QED) is 0.0693. The van der Waals surface area contributed by atoms with E-state index < -0.39 is 182 Å². The second-order valence-corrected chi connectivity index (χ2v) is 17.4. The van der Waals surface area contributed by atoms with Crippen molar-refractivity contribution in [2.24, 2.45) is 21.5 Å². The highest BCUT2D eigenvalue weighted by molar-refractivity contribution is 5.98. The highest BCUT2D eigenvalue weighted by Gasteiger charge is 2.52. The molecule has 2 fully saturated rings. The van der Waals surface area contributed by atoms with Gasteiger partial charge in [-0.2, -0.15) is 0 Å². The van der Waals surface area contributed by atoms with Crippen LogP contribution in [0.4, 0.5) is 5.69 Å². The first kappa shape index (κ1) is 54.0. The van der Waals surface area contributed by atoms with Gasteiger partial charge in [-0.25, -0.2) is 0 Å². The summed E-state index contributed by atoms with van der Waals surface area (Å²) in [5.41, 5.74) is 11.7. The van der Waals surface area contributed by atoms with E-state index in [0.29, 0.717) is 5.56 Å². The van der Waals surface area contributed by atoms with E-state index in [4.69, 9.17) is 16.2 Å². The number of aliphatic imine (C=N–C) groups is 2. The lowest BCUT2D eigenvalue weighted by Crippen LogP contribution is -2.70. The average Bonchev–Trinajstić information content (AvgIpc) is 3.98. The van der Waals surface area contributed by atoms with Crippen molar-refractivity contribution in [2.75, 3.05) is 32.8 Å². The zero-order valence-electron chi connectivity index (χ0n) is 38.2. The van der Waals surface area contributed by atoms with E-state index in [0.717, 1.165) is 17.0 Å². The van der Waals surface area contributed by atoms with Gasteiger partial charge in [-0.05, 0) is 17.2 Å². The van der Waals surface area contributed by atoms with Crippen molar-refractivity contribution >= 4 is 53.0 Å². The number of aliphatic hydroxyl groups is 7. The Labute approximate surface area is 408 Å². The standard InChI is InChI=1S/C42H57N13O17/c1-16(18-5-3-2-4-6-18)27-37(67)48-19(9-17-7-8-24(58)22(10-17)55(70)71)36(66)52-28(30(60)20-11-46-41(43)50-20)39(69)53-29(38(68)49-21(14-56)35(65)45-13-26(59)51-27)31(61)23-12-47-42(44)54(23)40-34(64)33(63)32(62)25(15-57)72-40/h2-8,10,16,19-21,23,25,27-34,40,56-58,60-64H,9,11-15H2,1H3,(H2,44,47)(H,45,65)(H,48,67)(H,49,68)(H,51,59)(H,52,66)(H,53,69)(H3,43,46,50)/t16?,19-,20?,21+,23?,25-,27+,28+,29-,30?,31?,32-,33+,34+,40?/m1/s1. The molecule has 392 valence electrons. The lowest BCUT2D eigenvalue weighted by molar-refractivity contribution is -0.385. The van der Waals surface area contributed by atoms with Crippen molar-refractivity contribution in [3.8, 4) is 5.75 Å². The minimum absolute atomic E-state index is 0.0259. The Hall–Kier alpha value is -7.32. The third kappa shape index (κ3) is 12.0. The maximum atomic E-state index is 14.7. The molecule has 0 spiro atoms. The second-order valence-electron chi connectivity index (χ2n) is 17.4. The molecular formula is C42H57N13O17. The van der Waals surface area contributed by atoms with Gasteiger partial charge >= 0.3 is 5.69 Å². The zero-order chi connectivity index (χ0) is 52.7. The zero-order valence-corrected chi connectivity index (χ0v) is 38.2. The number of ether oxygens (including phenoxy) is 1. The van der Waals surface area contributed by atoms with Gasteiger partial charge in [0.15, 0.2) is 23.9 Å². The molecule has 19 N–H and O–H groups in total. The summed E-state index contributed by atoms with van der Waals surface area (Å²) >= 11 is 0. The fourth-order valence-electron chi connectivity index (χ4n) is 8.55. The first-order chi connectivity index (χ1) is 34.1. The number of nitro benzene ring substituents is 1. The van der Waals surface area contributed by atoms with Crippen LogP contribution >= 0.6 is 0 Å². The number of carbonyl (C=O) groups is 6. The molecule has 30 nitrogen and oxygen atoms in total. The van der Waals surface area contributed by atoms with Crippen molar-refractivity contribution in [1.82, 2.24) is 42.1 Å². The largest absolute Gasteiger partial charge is 0.502 e. The van der Waals surface area contributed by atoms with Gasteiger partial charge < -0.3 is 99.2 Å². The molecule has 6 amide bonds. The number of benzene rings is 2. The summed E-state index contributed by atoms with van der Waals surface area (Å²) in [7, 11) is 0. The molecule has 6 rings (SSSR count). The van der Waals surface area contributed by atoms with Gasteiger partial charge in [0, 0.05) is 18.4 Å². The molecule has 15 atom stereocenters. The van der Waals surface area contributed by atoms with E-state index in [1.165, 1.54) is 6.07 Å². The number of nitrogens with two attached hydrogens (primary N) is 2. The van der Waals surface area contributed by atoms with Crippen LogP contribution in [0.15, 0.2) is 58.5 Å². The molecule has 0 radical (unpaired) electrons. The molecule has 4 heterocycles. The Morgan fingerprint density at radius 3 is 2.04 bits per heavy atom. The van der Waals surface area contributed by atoms with Crippen LogP contribution in [0.3, 0.4) is 0 Å². The van der Waals surface area contributed by atoms with Gasteiger partial charge in [-0.3, -0.25) is 48.9 Å². The molecule has 0 bridgehead atoms. The summed E-state index contributed by atoms with van der Waals surface area (Å²) < 4.78 is 5.64. The number of hydrogen-bond donors (Lipinski definition) is 17. The van der Waals surface area contributed by atoms with Crippen LogP contribution in [0.2, 0.25) is 0 Å². The van der Waals surface area contributed by atoms with Crippen molar-refractivity contribution in [3.63, 3.8) is 0 Å². The molecule has 4 aliphatic rings. The summed E-state index contributed by atoms with van der Waals surface area (Å²) in [5, 5.41) is 115. The van der Waals surface area contributed by atoms with E-state index in [9.17, 15) is 79.7 Å². The number of aliphatic hydroxyl groups excluding tert-OH is 7. The summed E-state index contributed by atoms with van der Waals surface area (Å²) in [6.45, 7) is -2.20. The molecule has 2 saturated heterocycles. The van der Waals surface area contributed by atoms with E-state index in [-0.39, 0.29) is 18.1 Å². The van der Waals surface area contributed by atoms with Crippen LogP contribution in [0.5, 0.6) is 5.75 Å². The Balaban J connectivity index is 1.43. The molecule has 0 aliphatic carbocycles. The molecule has 4 aliphatic heterocycles. The number of hydrogen-bond acceptors (Lipinski definition) is 23. The minimum Gasteiger partial charge on any atom is -0.502 e. The lowest BCUT2D eigenvalue weighted by Gasteiger charge is -2.46. The number of nitrogens with zero attached hydrogens (tertiary/aromatic N) is 4. The predicted molar refractivity (Wildman–Crippen MR) is 244 cm³/mol. The van der Waals surface area contributed by atoms with Gasteiger partial charge in [0.25, 0.3) is 0 Å². The Bertz CT molecular complexity index is 2420. The Morgan fingerprint density at radius 1 is 0.764 bits per heavy atom. The third-order valence-electron chi connectivity index (χ3n) is 12.6. The van der Waals surface area contributed by atoms with Gasteiger partial charge in [0.2, 0.25) is 35.4 Å². The predicted octanol–water partition coefficient (Wildman–Crippen LogP) is -9.00. The SMILES string of the molecule is CC(c1ccccc1)[C@@H]1NC(=O)CNC(=O)[C@H](CO)NC(=O)[C@@H](C(O)C2CN=C(N)N2C2O[C@H](CO)[C@@H](O)[C@H](O)[C@@H]2O)NC(=O)[C@H](C(O)C2CN=C(N)N2)NC(=O)[C@@H](Cc2ccc(O)c([N+](=O)[O-])c2)NC1=O. The van der Waals surface area contributed by atoms with Crippen LogP contribution < -0.4 is 48.7 Å². The Kier molecular flexibility index (Phi) is 17.5. The Morgan fingerprint density at radius 2 is 1.40 bits per heavy atom. The van der Waals surface area contributed by atoms with E-state index in [1.807, 2.05) is 0 Å². The minimum atomic E-state index is -2.32. The maximum Gasteiger partial charge on any atom is 0.310 e. The first-order valence-electron chi connectivity index (χ1n) is 22.4. The normalized spacial score (nSPS) is 31.4. The third-order valence-corrected chi connectivity index (χ3v) is 12.6. The lowest BCUT2D eigenvalue weighted by atomic mass is 9.92. The molecule has 30 heteroatoms. The summed E-state index contributed by atoms with van der Waals surface area (Å²) in [6.07, 6.45) is -14.1. The van der Waals surface area contributed by atoms with Crippen molar-refractivity contribution in [1.29, 1.82) is 0 Å². The topological polar surface area (TPSA) is 481 Å². The van der Waals surface area contributed by atoms with Crippen molar-refractivity contribution in [2.45, 2.75) is 104 Å². The van der Waals surface area contributed by atoms with Crippen molar-refractivity contribution < 1.29 is 79.3 Å². The average molecular weight is 1020 g/mol. The monoisotopic (exact) mass is 1020 g/mol. The van der Waals surface area contributed by atoms with E-state index >= 15 is 0 Å². The number of phenolic OH excluding ortho intramolecular Hbond substituents is 1. The fourth-order valence-corrected chi connectivity index (χ4v) is 8.55. The summed E-state index contributed by atoms with van der Waals surface area (Å²) in [6, 6.07) is -1.40. The summed E-state index contributed by atoms with van der Waals surface area (Å²) in [4.78, 5) is 105. The van der Waals surface area contributed by atoms with Gasteiger partial charge in [-0.1, -0.05) is 43.3 Å². The molecule has 0 aromatic heterocycles. The van der Waals surface area contributed by atoms with Crippen LogP contribution in [-0.2, 0) is 39.9 Å². The van der Waals surface area contributed by atoms with Gasteiger partial charge in [0.05, 0.1) is 49.9 Å². The fraction of sp³-hybridized carbons (Fsp3) is 0.524. The van der Waals surface area contributed by atoms with Crippen LogP contribution in [-0.4, -0.2) is 216 Å². The van der Waals surface area contributed by atoms with Crippen LogP contribution in [0, 0.1) is 10.1 Å². The number of aromatic hydroxyl groups is 1. The molecular weight excluding hydrogens is 959 g/mol. The summed E-state index contributed by atoms with van der Waals surface area (Å²) in [5.74, 6) is -9.65. The number of guanidine groups is 2. The number of nitrogens with one attached hydrogen (secondary N) is 7. The number of amides is 6. The number of phenols is 1. The molecule has 2 aromatic rings. The molecule has 72 heavy (non-hydrogen) atoms. The van der Waals surface area contributed by atoms with E-state index in [2.05, 4.69) is 47.2 Å². The second kappa shape index (κ2) is 23.3. The number of carbonyl (C=O) groups excluding carboxylic acids is 6.